The Bertz CT molecular complexity index is 291. The fourth-order valence-corrected chi connectivity index (χ4v) is 1.58. The third-order valence-electron chi connectivity index (χ3n) is 2.42. The van der Waals surface area contributed by atoms with Gasteiger partial charge in [-0.3, -0.25) is 4.90 Å². The normalized spacial score (nSPS) is 12.1. The van der Waals surface area contributed by atoms with Gasteiger partial charge in [0, 0.05) is 20.3 Å². The van der Waals surface area contributed by atoms with Crippen LogP contribution >= 0.6 is 0 Å². The smallest absolute Gasteiger partial charge is 0.410 e. The number of carbonyl (C=O) groups is 2. The molecule has 0 saturated carbocycles. The van der Waals surface area contributed by atoms with Gasteiger partial charge in [0.25, 0.3) is 0 Å². The average Bonchev–Trinajstić information content (AvgIpc) is 2.40. The number of esters is 1. The molecule has 1 amide bonds. The lowest BCUT2D eigenvalue weighted by Gasteiger charge is -2.31. The van der Waals surface area contributed by atoms with Crippen molar-refractivity contribution in [1.82, 2.24) is 4.90 Å². The summed E-state index contributed by atoms with van der Waals surface area (Å²) >= 11 is 0. The van der Waals surface area contributed by atoms with Crippen LogP contribution in [-0.2, 0) is 23.7 Å². The van der Waals surface area contributed by atoms with Gasteiger partial charge in [-0.2, -0.15) is 0 Å². The van der Waals surface area contributed by atoms with Crippen LogP contribution in [0.15, 0.2) is 0 Å². The van der Waals surface area contributed by atoms with Gasteiger partial charge < -0.3 is 18.9 Å². The van der Waals surface area contributed by atoms with Gasteiger partial charge in [0.2, 0.25) is 0 Å². The third-order valence-corrected chi connectivity index (χ3v) is 2.42. The van der Waals surface area contributed by atoms with Crippen molar-refractivity contribution in [3.05, 3.63) is 0 Å². The Hall–Kier alpha value is -1.34. The van der Waals surface area contributed by atoms with Crippen molar-refractivity contribution in [3.8, 4) is 0 Å². The molecule has 0 aromatic carbocycles. The quantitative estimate of drug-likeness (QED) is 0.472. The molecular formula is C13H25NO6. The van der Waals surface area contributed by atoms with E-state index in [1.165, 1.54) is 7.05 Å². The van der Waals surface area contributed by atoms with Gasteiger partial charge in [0.15, 0.2) is 12.3 Å². The highest BCUT2D eigenvalue weighted by molar-refractivity contribution is 5.81. The number of hydrogen-bond acceptors (Lipinski definition) is 6. The van der Waals surface area contributed by atoms with Gasteiger partial charge in [-0.25, -0.2) is 9.59 Å². The molecule has 1 atom stereocenters. The molecule has 118 valence electrons. The molecule has 0 rings (SSSR count). The van der Waals surface area contributed by atoms with Crippen LogP contribution in [0.3, 0.4) is 0 Å². The lowest BCUT2D eigenvalue weighted by molar-refractivity contribution is -0.189. The summed E-state index contributed by atoms with van der Waals surface area (Å²) in [5.74, 6) is -0.588. The number of ether oxygens (including phenoxy) is 4. The molecule has 0 saturated heterocycles. The molecule has 0 fully saturated rings. The van der Waals surface area contributed by atoms with Crippen LogP contribution in [-0.4, -0.2) is 62.8 Å². The zero-order chi connectivity index (χ0) is 15.5. The molecule has 7 heteroatoms. The fraction of sp³-hybridized carbons (Fsp3) is 0.846. The van der Waals surface area contributed by atoms with Gasteiger partial charge in [0.05, 0.1) is 13.2 Å². The number of nitrogens with zero attached hydrogens (tertiary/aromatic N) is 1. The first-order valence-electron chi connectivity index (χ1n) is 6.82. The van der Waals surface area contributed by atoms with Crippen LogP contribution in [0.4, 0.5) is 4.79 Å². The highest BCUT2D eigenvalue weighted by atomic mass is 16.7. The van der Waals surface area contributed by atoms with Crippen molar-refractivity contribution < 1.29 is 28.5 Å². The fourth-order valence-electron chi connectivity index (χ4n) is 1.58. The molecule has 0 aliphatic carbocycles. The molecule has 0 aromatic rings. The Kier molecular flexibility index (Phi) is 9.75. The zero-order valence-corrected chi connectivity index (χ0v) is 12.9. The van der Waals surface area contributed by atoms with Gasteiger partial charge in [0.1, 0.15) is 0 Å². The van der Waals surface area contributed by atoms with E-state index in [0.29, 0.717) is 13.2 Å². The first kappa shape index (κ1) is 18.7. The molecule has 0 aromatic heterocycles. The standard InChI is InChI=1S/C13H25NO6/c1-6-17-11(15)10(12(18-7-2)19-8-3)14(5)13(16)20-9-4/h10,12H,6-9H2,1-5H3/t10-/m0/s1. The van der Waals surface area contributed by atoms with E-state index in [9.17, 15) is 9.59 Å². The van der Waals surface area contributed by atoms with Crippen LogP contribution in [0, 0.1) is 0 Å². The number of hydrogen-bond donors (Lipinski definition) is 0. The molecule has 7 nitrogen and oxygen atoms in total. The SMILES string of the molecule is CCOC(=O)[C@@H](C(OCC)OCC)N(C)C(=O)OCC. The van der Waals surface area contributed by atoms with Gasteiger partial charge in [-0.15, -0.1) is 0 Å². The van der Waals surface area contributed by atoms with E-state index >= 15 is 0 Å². The van der Waals surface area contributed by atoms with E-state index in [1.807, 2.05) is 0 Å². The molecule has 0 unspecified atom stereocenters. The molecule has 0 aliphatic heterocycles. The van der Waals surface area contributed by atoms with Crippen LogP contribution in [0.2, 0.25) is 0 Å². The lowest BCUT2D eigenvalue weighted by Crippen LogP contribution is -2.52. The van der Waals surface area contributed by atoms with Crippen molar-refractivity contribution in [2.45, 2.75) is 40.0 Å². The highest BCUT2D eigenvalue weighted by Gasteiger charge is 2.37. The van der Waals surface area contributed by atoms with Crippen LogP contribution in [0.1, 0.15) is 27.7 Å². The van der Waals surface area contributed by atoms with Gasteiger partial charge in [-0.1, -0.05) is 0 Å². The number of carbonyl (C=O) groups excluding carboxylic acids is 2. The maximum Gasteiger partial charge on any atom is 0.410 e. The minimum absolute atomic E-state index is 0.205. The topological polar surface area (TPSA) is 74.3 Å². The van der Waals surface area contributed by atoms with E-state index in [1.54, 1.807) is 27.7 Å². The maximum absolute atomic E-state index is 12.1. The van der Waals surface area contributed by atoms with Crippen molar-refractivity contribution in [2.24, 2.45) is 0 Å². The molecular weight excluding hydrogens is 266 g/mol. The summed E-state index contributed by atoms with van der Waals surface area (Å²) in [4.78, 5) is 25.0. The van der Waals surface area contributed by atoms with E-state index in [2.05, 4.69) is 0 Å². The van der Waals surface area contributed by atoms with E-state index < -0.39 is 24.4 Å². The summed E-state index contributed by atoms with van der Waals surface area (Å²) in [6.07, 6.45) is -1.52. The molecule has 0 aliphatic rings. The van der Waals surface area contributed by atoms with Crippen LogP contribution in [0.5, 0.6) is 0 Å². The first-order chi connectivity index (χ1) is 9.53. The highest BCUT2D eigenvalue weighted by Crippen LogP contribution is 2.12. The van der Waals surface area contributed by atoms with E-state index in [4.69, 9.17) is 18.9 Å². The second kappa shape index (κ2) is 10.4. The Morgan fingerprint density at radius 1 is 0.900 bits per heavy atom. The molecule has 0 spiro atoms. The number of amides is 1. The second-order valence-electron chi connectivity index (χ2n) is 3.79. The average molecular weight is 291 g/mol. The summed E-state index contributed by atoms with van der Waals surface area (Å²) in [6.45, 7) is 8.04. The predicted molar refractivity (Wildman–Crippen MR) is 72.2 cm³/mol. The predicted octanol–water partition coefficient (Wildman–Crippen LogP) is 1.41. The summed E-state index contributed by atoms with van der Waals surface area (Å²) in [5.41, 5.74) is 0. The molecule has 20 heavy (non-hydrogen) atoms. The van der Waals surface area contributed by atoms with Crippen LogP contribution in [0.25, 0.3) is 0 Å². The molecule has 0 heterocycles. The lowest BCUT2D eigenvalue weighted by atomic mass is 10.2. The monoisotopic (exact) mass is 291 g/mol. The van der Waals surface area contributed by atoms with Crippen molar-refractivity contribution in [2.75, 3.05) is 33.5 Å². The van der Waals surface area contributed by atoms with Crippen molar-refractivity contribution in [3.63, 3.8) is 0 Å². The zero-order valence-electron chi connectivity index (χ0n) is 12.9. The largest absolute Gasteiger partial charge is 0.464 e. The van der Waals surface area contributed by atoms with E-state index in [0.717, 1.165) is 4.90 Å². The second-order valence-corrected chi connectivity index (χ2v) is 3.79. The van der Waals surface area contributed by atoms with Crippen molar-refractivity contribution in [1.29, 1.82) is 0 Å². The maximum atomic E-state index is 12.1. The number of likely N-dealkylation sites (N-methyl/N-ethyl adjacent to an activating group) is 1. The summed E-state index contributed by atoms with van der Waals surface area (Å²) in [5, 5.41) is 0. The molecule has 0 radical (unpaired) electrons. The summed E-state index contributed by atoms with van der Waals surface area (Å²) in [7, 11) is 1.45. The third kappa shape index (κ3) is 5.75. The van der Waals surface area contributed by atoms with Gasteiger partial charge in [-0.05, 0) is 27.7 Å². The molecule has 0 bridgehead atoms. The Balaban J connectivity index is 5.11. The number of rotatable bonds is 9. The van der Waals surface area contributed by atoms with Gasteiger partial charge >= 0.3 is 12.1 Å². The Morgan fingerprint density at radius 2 is 1.40 bits per heavy atom. The summed E-state index contributed by atoms with van der Waals surface area (Å²) in [6, 6.07) is -1.01. The summed E-state index contributed by atoms with van der Waals surface area (Å²) < 4.78 is 20.6. The van der Waals surface area contributed by atoms with Crippen LogP contribution < -0.4 is 0 Å². The van der Waals surface area contributed by atoms with E-state index in [-0.39, 0.29) is 13.2 Å². The Morgan fingerprint density at radius 3 is 1.80 bits per heavy atom. The Labute approximate surface area is 120 Å². The minimum atomic E-state index is -1.01. The minimum Gasteiger partial charge on any atom is -0.464 e. The first-order valence-corrected chi connectivity index (χ1v) is 6.82. The van der Waals surface area contributed by atoms with Crippen molar-refractivity contribution >= 4 is 12.1 Å². The molecule has 0 N–H and O–H groups in total.